The van der Waals surface area contributed by atoms with Crippen molar-refractivity contribution in [2.24, 2.45) is 11.0 Å². The highest BCUT2D eigenvalue weighted by Crippen LogP contribution is 2.42. The Morgan fingerprint density at radius 1 is 1.10 bits per heavy atom. The number of nitrogens with one attached hydrogen (secondary N) is 1. The molecule has 2 aliphatic rings. The predicted octanol–water partition coefficient (Wildman–Crippen LogP) is 5.62. The van der Waals surface area contributed by atoms with E-state index in [4.69, 9.17) is 23.2 Å². The van der Waals surface area contributed by atoms with Crippen molar-refractivity contribution in [3.8, 4) is 0 Å². The molecule has 2 heterocycles. The van der Waals surface area contributed by atoms with Crippen LogP contribution >= 0.6 is 35.6 Å². The van der Waals surface area contributed by atoms with Crippen LogP contribution in [0.5, 0.6) is 0 Å². The lowest BCUT2D eigenvalue weighted by Gasteiger charge is -2.28. The van der Waals surface area contributed by atoms with Gasteiger partial charge in [-0.2, -0.15) is 5.10 Å². The van der Waals surface area contributed by atoms with Crippen LogP contribution in [-0.2, 0) is 4.79 Å². The van der Waals surface area contributed by atoms with Crippen LogP contribution in [0.1, 0.15) is 37.8 Å². The molecule has 2 atom stereocenters. The number of piperidine rings is 1. The van der Waals surface area contributed by atoms with Crippen molar-refractivity contribution in [2.45, 2.75) is 32.2 Å². The monoisotopic (exact) mass is 484 g/mol. The highest BCUT2D eigenvalue weighted by atomic mass is 35.5. The van der Waals surface area contributed by atoms with Crippen molar-refractivity contribution in [3.63, 3.8) is 0 Å². The summed E-state index contributed by atoms with van der Waals surface area (Å²) in [6.45, 7) is 3.62. The van der Waals surface area contributed by atoms with E-state index in [9.17, 15) is 9.18 Å². The molecule has 2 aromatic rings. The summed E-state index contributed by atoms with van der Waals surface area (Å²) in [6, 6.07) is 11.1. The number of hydrogen-bond donors (Lipinski definition) is 1. The Kier molecular flexibility index (Phi) is 7.81. The second-order valence-corrected chi connectivity index (χ2v) is 8.54. The van der Waals surface area contributed by atoms with Crippen LogP contribution in [0.25, 0.3) is 0 Å². The molecule has 2 aromatic carbocycles. The Morgan fingerprint density at radius 3 is 2.42 bits per heavy atom. The number of amides is 1. The van der Waals surface area contributed by atoms with E-state index in [2.05, 4.69) is 10.5 Å². The summed E-state index contributed by atoms with van der Waals surface area (Å²) in [6.07, 6.45) is 3.30. The summed E-state index contributed by atoms with van der Waals surface area (Å²) in [5.41, 5.74) is 4.90. The second kappa shape index (κ2) is 10.2. The van der Waals surface area contributed by atoms with Crippen LogP contribution in [0.15, 0.2) is 47.6 Å². The smallest absolute Gasteiger partial charge is 0.282 e. The highest BCUT2D eigenvalue weighted by Gasteiger charge is 2.40. The van der Waals surface area contributed by atoms with Crippen molar-refractivity contribution >= 4 is 52.9 Å². The molecule has 0 spiro atoms. The minimum absolute atomic E-state index is 0. The number of benzene rings is 2. The zero-order chi connectivity index (χ0) is 21.3. The molecule has 0 radical (unpaired) electrons. The maximum atomic E-state index is 13.5. The third kappa shape index (κ3) is 5.14. The van der Waals surface area contributed by atoms with Crippen molar-refractivity contribution in [1.82, 2.24) is 10.4 Å². The number of carbonyl (C=O) groups is 1. The average Bonchev–Trinajstić information content (AvgIpc) is 3.06. The van der Waals surface area contributed by atoms with Crippen LogP contribution in [0.4, 0.5) is 10.1 Å². The van der Waals surface area contributed by atoms with Crippen LogP contribution < -0.4 is 10.4 Å². The summed E-state index contributed by atoms with van der Waals surface area (Å²) < 4.78 is 13.5. The molecule has 0 unspecified atom stereocenters. The van der Waals surface area contributed by atoms with E-state index in [1.165, 1.54) is 18.6 Å². The fourth-order valence-electron chi connectivity index (χ4n) is 4.05. The number of rotatable bonds is 4. The van der Waals surface area contributed by atoms with Gasteiger partial charge in [0, 0.05) is 24.0 Å². The lowest BCUT2D eigenvalue weighted by Crippen LogP contribution is -2.48. The van der Waals surface area contributed by atoms with Gasteiger partial charge < -0.3 is 0 Å². The molecule has 0 aromatic heterocycles. The number of anilines is 1. The zero-order valence-corrected chi connectivity index (χ0v) is 19.4. The summed E-state index contributed by atoms with van der Waals surface area (Å²) in [5.74, 6) is -0.763. The lowest BCUT2D eigenvalue weighted by molar-refractivity contribution is -0.120. The molecular weight excluding hydrogens is 462 g/mol. The first-order valence-electron chi connectivity index (χ1n) is 10.1. The fourth-order valence-corrected chi connectivity index (χ4v) is 4.55. The first kappa shape index (κ1) is 23.8. The first-order chi connectivity index (χ1) is 14.4. The zero-order valence-electron chi connectivity index (χ0n) is 17.0. The summed E-state index contributed by atoms with van der Waals surface area (Å²) in [4.78, 5) is 13.0. The Balaban J connectivity index is 0.00000272. The average molecular weight is 486 g/mol. The number of hydrazine groups is 1. The van der Waals surface area contributed by atoms with E-state index in [-0.39, 0.29) is 36.1 Å². The lowest BCUT2D eigenvalue weighted by atomic mass is 9.91. The molecule has 31 heavy (non-hydrogen) atoms. The standard InChI is InChI=1S/C22H23Cl2FN4O.ClH/c1-14-20(22(30)27-28-11-3-2-4-12-28)26-29(19-10-7-16(23)13-18(19)24)21(14)15-5-8-17(25)9-6-15;/h5-10,13-14,21H,2-4,11-12H2,1H3,(H,27,30);1H/t14-,21+;/m0./s1. The van der Waals surface area contributed by atoms with Gasteiger partial charge in [-0.25, -0.2) is 9.40 Å². The Hall–Kier alpha value is -1.86. The van der Waals surface area contributed by atoms with E-state index < -0.39 is 0 Å². The van der Waals surface area contributed by atoms with Crippen LogP contribution in [0.3, 0.4) is 0 Å². The highest BCUT2D eigenvalue weighted by molar-refractivity contribution is 6.41. The molecule has 1 amide bonds. The van der Waals surface area contributed by atoms with E-state index >= 15 is 0 Å². The SMILES string of the molecule is C[C@H]1C(C(=O)NN2CCCCC2)=NN(c2ccc(Cl)cc2Cl)[C@H]1c1ccc(F)cc1.Cl. The number of hydrazone groups is 1. The van der Waals surface area contributed by atoms with Gasteiger partial charge in [0.2, 0.25) is 0 Å². The molecular formula is C22H24Cl3FN4O. The van der Waals surface area contributed by atoms with Gasteiger partial charge in [0.25, 0.3) is 5.91 Å². The maximum absolute atomic E-state index is 13.5. The van der Waals surface area contributed by atoms with E-state index in [0.717, 1.165) is 31.5 Å². The number of hydrogen-bond acceptors (Lipinski definition) is 4. The van der Waals surface area contributed by atoms with Gasteiger partial charge >= 0.3 is 0 Å². The van der Waals surface area contributed by atoms with E-state index in [1.54, 1.807) is 35.3 Å². The summed E-state index contributed by atoms with van der Waals surface area (Å²) in [7, 11) is 0. The minimum Gasteiger partial charge on any atom is -0.284 e. The van der Waals surface area contributed by atoms with Crippen molar-refractivity contribution in [2.75, 3.05) is 18.1 Å². The maximum Gasteiger partial charge on any atom is 0.282 e. The van der Waals surface area contributed by atoms with Crippen LogP contribution in [0, 0.1) is 11.7 Å². The van der Waals surface area contributed by atoms with Gasteiger partial charge in [-0.15, -0.1) is 12.4 Å². The number of nitrogens with zero attached hydrogens (tertiary/aromatic N) is 3. The minimum atomic E-state index is -0.315. The molecule has 1 saturated heterocycles. The van der Waals surface area contributed by atoms with Crippen molar-refractivity contribution < 1.29 is 9.18 Å². The third-order valence-electron chi connectivity index (χ3n) is 5.60. The van der Waals surface area contributed by atoms with Crippen molar-refractivity contribution in [3.05, 3.63) is 63.9 Å². The van der Waals surface area contributed by atoms with Gasteiger partial charge in [0.05, 0.1) is 16.8 Å². The molecule has 0 saturated carbocycles. The molecule has 1 N–H and O–H groups in total. The van der Waals surface area contributed by atoms with Crippen LogP contribution in [-0.4, -0.2) is 29.7 Å². The van der Waals surface area contributed by atoms with Crippen molar-refractivity contribution in [1.29, 1.82) is 0 Å². The molecule has 1 fully saturated rings. The molecule has 5 nitrogen and oxygen atoms in total. The molecule has 4 rings (SSSR count). The molecule has 0 aliphatic carbocycles. The van der Waals surface area contributed by atoms with E-state index in [1.807, 2.05) is 11.9 Å². The Bertz CT molecular complexity index is 964. The quantitative estimate of drug-likeness (QED) is 0.611. The second-order valence-electron chi connectivity index (χ2n) is 7.70. The fraction of sp³-hybridized carbons (Fsp3) is 0.364. The Labute approximate surface area is 197 Å². The summed E-state index contributed by atoms with van der Waals surface area (Å²) in [5, 5.41) is 9.30. The van der Waals surface area contributed by atoms with Gasteiger partial charge in [0.1, 0.15) is 11.5 Å². The summed E-state index contributed by atoms with van der Waals surface area (Å²) >= 11 is 12.5. The van der Waals surface area contributed by atoms with Gasteiger partial charge in [-0.05, 0) is 48.7 Å². The van der Waals surface area contributed by atoms with E-state index in [0.29, 0.717) is 21.4 Å². The largest absolute Gasteiger partial charge is 0.284 e. The number of halogens is 4. The molecule has 2 aliphatic heterocycles. The normalized spacial score (nSPS) is 21.4. The third-order valence-corrected chi connectivity index (χ3v) is 6.14. The van der Waals surface area contributed by atoms with Gasteiger partial charge in [0.15, 0.2) is 0 Å². The van der Waals surface area contributed by atoms with Crippen LogP contribution in [0.2, 0.25) is 10.0 Å². The molecule has 166 valence electrons. The predicted molar refractivity (Wildman–Crippen MR) is 125 cm³/mol. The first-order valence-corrected chi connectivity index (χ1v) is 10.8. The number of carbonyl (C=O) groups excluding carboxylic acids is 1. The molecule has 0 bridgehead atoms. The topological polar surface area (TPSA) is 47.9 Å². The molecule has 9 heteroatoms. The van der Waals surface area contributed by atoms with Gasteiger partial charge in [-0.1, -0.05) is 48.7 Å². The Morgan fingerprint density at radius 2 is 1.77 bits per heavy atom. The van der Waals surface area contributed by atoms with Gasteiger partial charge in [-0.3, -0.25) is 15.2 Å².